The van der Waals surface area contributed by atoms with Gasteiger partial charge in [0, 0.05) is 32.7 Å². The smallest absolute Gasteiger partial charge is 0.191 e. The van der Waals surface area contributed by atoms with Gasteiger partial charge in [0.15, 0.2) is 5.96 Å². The Morgan fingerprint density at radius 1 is 1.22 bits per heavy atom. The molecule has 1 aromatic carbocycles. The molecule has 6 nitrogen and oxygen atoms in total. The lowest BCUT2D eigenvalue weighted by Crippen LogP contribution is -2.43. The Kier molecular flexibility index (Phi) is 6.53. The van der Waals surface area contributed by atoms with Crippen LogP contribution in [0.1, 0.15) is 30.7 Å². The molecule has 0 spiro atoms. The van der Waals surface area contributed by atoms with Gasteiger partial charge >= 0.3 is 0 Å². The maximum atomic E-state index is 10.5. The molecular formula is C21H30N4O2. The van der Waals surface area contributed by atoms with E-state index in [-0.39, 0.29) is 6.54 Å². The van der Waals surface area contributed by atoms with E-state index in [4.69, 9.17) is 4.42 Å². The summed E-state index contributed by atoms with van der Waals surface area (Å²) in [4.78, 5) is 6.98. The van der Waals surface area contributed by atoms with Gasteiger partial charge < -0.3 is 20.2 Å². The quantitative estimate of drug-likeness (QED) is 0.514. The summed E-state index contributed by atoms with van der Waals surface area (Å²) in [6.45, 7) is 8.58. The maximum Gasteiger partial charge on any atom is 0.191 e. The van der Waals surface area contributed by atoms with Crippen LogP contribution in [0.15, 0.2) is 52.1 Å². The van der Waals surface area contributed by atoms with Gasteiger partial charge in [0.2, 0.25) is 0 Å². The molecule has 0 saturated heterocycles. The summed E-state index contributed by atoms with van der Waals surface area (Å²) in [6.07, 6.45) is 2.67. The summed E-state index contributed by atoms with van der Waals surface area (Å²) in [5, 5.41) is 17.1. The first-order chi connectivity index (χ1) is 13.1. The van der Waals surface area contributed by atoms with E-state index in [1.807, 2.05) is 6.92 Å². The molecule has 0 saturated carbocycles. The number of fused-ring (bicyclic) bond motifs is 1. The molecule has 6 heteroatoms. The molecule has 0 aliphatic carbocycles. The standard InChI is InChI=1S/C21H30N4O2/c1-3-22-20(24-16-21(2,26)19-9-6-14-27-19)23-11-13-25-12-10-17-7-4-5-8-18(17)15-25/h4-9,14,26H,3,10-13,15-16H2,1-2H3,(H2,22,23,24). The van der Waals surface area contributed by atoms with Gasteiger partial charge in [-0.2, -0.15) is 0 Å². The predicted octanol–water partition coefficient (Wildman–Crippen LogP) is 2.10. The van der Waals surface area contributed by atoms with Crippen LogP contribution in [-0.2, 0) is 18.6 Å². The topological polar surface area (TPSA) is 73.0 Å². The molecule has 2 heterocycles. The molecule has 1 aliphatic heterocycles. The Hall–Kier alpha value is -2.31. The molecule has 0 amide bonds. The molecule has 1 aliphatic rings. The molecule has 3 N–H and O–H groups in total. The summed E-state index contributed by atoms with van der Waals surface area (Å²) in [7, 11) is 0. The van der Waals surface area contributed by atoms with E-state index in [0.717, 1.165) is 39.1 Å². The van der Waals surface area contributed by atoms with Crippen molar-refractivity contribution in [3.63, 3.8) is 0 Å². The number of guanidine groups is 1. The van der Waals surface area contributed by atoms with E-state index >= 15 is 0 Å². The first-order valence-electron chi connectivity index (χ1n) is 9.66. The summed E-state index contributed by atoms with van der Waals surface area (Å²) in [5.41, 5.74) is 1.78. The van der Waals surface area contributed by atoms with Crippen LogP contribution < -0.4 is 10.6 Å². The first kappa shape index (κ1) is 19.5. The normalized spacial score (nSPS) is 17.2. The minimum absolute atomic E-state index is 0.229. The molecule has 146 valence electrons. The number of benzene rings is 1. The van der Waals surface area contributed by atoms with Crippen molar-refractivity contribution in [2.75, 3.05) is 32.7 Å². The van der Waals surface area contributed by atoms with E-state index in [0.29, 0.717) is 11.7 Å². The Balaban J connectivity index is 1.50. The van der Waals surface area contributed by atoms with Crippen LogP contribution in [0.4, 0.5) is 0 Å². The van der Waals surface area contributed by atoms with E-state index in [1.54, 1.807) is 25.3 Å². The number of furan rings is 1. The Morgan fingerprint density at radius 2 is 2.04 bits per heavy atom. The van der Waals surface area contributed by atoms with Crippen molar-refractivity contribution in [2.45, 2.75) is 32.4 Å². The molecular weight excluding hydrogens is 340 g/mol. The van der Waals surface area contributed by atoms with Gasteiger partial charge in [0.05, 0.1) is 12.8 Å². The second-order valence-electron chi connectivity index (χ2n) is 7.17. The van der Waals surface area contributed by atoms with Crippen LogP contribution in [0.25, 0.3) is 0 Å². The third-order valence-electron chi connectivity index (χ3n) is 4.87. The summed E-state index contributed by atoms with van der Waals surface area (Å²) in [5.74, 6) is 1.23. The lowest BCUT2D eigenvalue weighted by atomic mass is 10.00. The highest BCUT2D eigenvalue weighted by Crippen LogP contribution is 2.21. The summed E-state index contributed by atoms with van der Waals surface area (Å²) in [6, 6.07) is 12.2. The van der Waals surface area contributed by atoms with Crippen LogP contribution in [0.5, 0.6) is 0 Å². The number of nitrogens with one attached hydrogen (secondary N) is 2. The monoisotopic (exact) mass is 370 g/mol. The van der Waals surface area contributed by atoms with Gasteiger partial charge in [-0.1, -0.05) is 24.3 Å². The average molecular weight is 370 g/mol. The van der Waals surface area contributed by atoms with E-state index in [1.165, 1.54) is 11.1 Å². The zero-order chi connectivity index (χ0) is 19.1. The molecule has 1 unspecified atom stereocenters. The molecule has 1 aromatic heterocycles. The number of nitrogens with zero attached hydrogens (tertiary/aromatic N) is 2. The van der Waals surface area contributed by atoms with Crippen molar-refractivity contribution in [1.29, 1.82) is 0 Å². The van der Waals surface area contributed by atoms with Gasteiger partial charge in [0.1, 0.15) is 11.4 Å². The number of hydrogen-bond donors (Lipinski definition) is 3. The lowest BCUT2D eigenvalue weighted by Gasteiger charge is -2.29. The Bertz CT molecular complexity index is 740. The van der Waals surface area contributed by atoms with Gasteiger partial charge in [-0.25, -0.2) is 4.99 Å². The summed E-state index contributed by atoms with van der Waals surface area (Å²) >= 11 is 0. The van der Waals surface area contributed by atoms with Crippen molar-refractivity contribution in [3.05, 3.63) is 59.5 Å². The third-order valence-corrected chi connectivity index (χ3v) is 4.87. The number of aliphatic hydroxyl groups is 1. The highest BCUT2D eigenvalue weighted by Gasteiger charge is 2.26. The second-order valence-corrected chi connectivity index (χ2v) is 7.17. The third kappa shape index (κ3) is 5.34. The highest BCUT2D eigenvalue weighted by molar-refractivity contribution is 5.79. The van der Waals surface area contributed by atoms with Crippen molar-refractivity contribution in [2.24, 2.45) is 4.99 Å². The molecule has 1 atom stereocenters. The van der Waals surface area contributed by atoms with Crippen molar-refractivity contribution in [3.8, 4) is 0 Å². The molecule has 0 fully saturated rings. The minimum Gasteiger partial charge on any atom is -0.466 e. The molecule has 0 radical (unpaired) electrons. The van der Waals surface area contributed by atoms with Gasteiger partial charge in [-0.05, 0) is 43.5 Å². The zero-order valence-corrected chi connectivity index (χ0v) is 16.2. The average Bonchev–Trinajstić information content (AvgIpc) is 3.22. The fourth-order valence-corrected chi connectivity index (χ4v) is 3.32. The Labute approximate surface area is 161 Å². The van der Waals surface area contributed by atoms with Crippen molar-refractivity contribution >= 4 is 5.96 Å². The molecule has 27 heavy (non-hydrogen) atoms. The maximum absolute atomic E-state index is 10.5. The van der Waals surface area contributed by atoms with Gasteiger partial charge in [-0.15, -0.1) is 0 Å². The highest BCUT2D eigenvalue weighted by atomic mass is 16.4. The predicted molar refractivity (Wildman–Crippen MR) is 108 cm³/mol. The van der Waals surface area contributed by atoms with Crippen LogP contribution in [0.3, 0.4) is 0 Å². The van der Waals surface area contributed by atoms with Gasteiger partial charge in [0.25, 0.3) is 0 Å². The lowest BCUT2D eigenvalue weighted by molar-refractivity contribution is 0.0437. The number of hydrogen-bond acceptors (Lipinski definition) is 4. The molecule has 0 bridgehead atoms. The van der Waals surface area contributed by atoms with Crippen molar-refractivity contribution < 1.29 is 9.52 Å². The van der Waals surface area contributed by atoms with E-state index in [2.05, 4.69) is 44.8 Å². The van der Waals surface area contributed by atoms with Crippen LogP contribution in [-0.4, -0.2) is 48.7 Å². The van der Waals surface area contributed by atoms with Crippen LogP contribution >= 0.6 is 0 Å². The SMILES string of the molecule is CCNC(=NCC(C)(O)c1ccco1)NCCN1CCc2ccccc2C1. The van der Waals surface area contributed by atoms with Crippen LogP contribution in [0.2, 0.25) is 0 Å². The minimum atomic E-state index is -1.12. The largest absolute Gasteiger partial charge is 0.466 e. The fourth-order valence-electron chi connectivity index (χ4n) is 3.32. The van der Waals surface area contributed by atoms with E-state index < -0.39 is 5.60 Å². The number of aliphatic imine (C=N–C) groups is 1. The zero-order valence-electron chi connectivity index (χ0n) is 16.2. The molecule has 3 rings (SSSR count). The van der Waals surface area contributed by atoms with E-state index in [9.17, 15) is 5.11 Å². The van der Waals surface area contributed by atoms with Crippen LogP contribution in [0, 0.1) is 0 Å². The fraction of sp³-hybridized carbons (Fsp3) is 0.476. The first-order valence-corrected chi connectivity index (χ1v) is 9.66. The summed E-state index contributed by atoms with van der Waals surface area (Å²) < 4.78 is 5.31. The number of rotatable bonds is 7. The van der Waals surface area contributed by atoms with Gasteiger partial charge in [-0.3, -0.25) is 4.90 Å². The second kappa shape index (κ2) is 9.06. The molecule has 2 aromatic rings. The Morgan fingerprint density at radius 3 is 2.78 bits per heavy atom. The van der Waals surface area contributed by atoms with Crippen molar-refractivity contribution in [1.82, 2.24) is 15.5 Å².